The molecule has 2 rings (SSSR count). The Morgan fingerprint density at radius 1 is 1.29 bits per heavy atom. The van der Waals surface area contributed by atoms with E-state index >= 15 is 0 Å². The van der Waals surface area contributed by atoms with Gasteiger partial charge in [-0.15, -0.1) is 0 Å². The number of aliphatic carboxylic acids is 1. The average molecular weight is 232 g/mol. The topological polar surface area (TPSA) is 54.4 Å². The van der Waals surface area contributed by atoms with E-state index in [1.807, 2.05) is 30.3 Å². The third-order valence-electron chi connectivity index (χ3n) is 3.63. The zero-order chi connectivity index (χ0) is 12.3. The maximum absolute atomic E-state index is 12.1. The molecule has 0 radical (unpaired) electrons. The van der Waals surface area contributed by atoms with Crippen molar-refractivity contribution >= 4 is 11.8 Å². The van der Waals surface area contributed by atoms with E-state index in [1.54, 1.807) is 0 Å². The van der Waals surface area contributed by atoms with E-state index in [1.165, 1.54) is 0 Å². The van der Waals surface area contributed by atoms with Crippen molar-refractivity contribution in [2.24, 2.45) is 0 Å². The third kappa shape index (κ3) is 2.23. The molecule has 1 fully saturated rings. The predicted octanol–water partition coefficient (Wildman–Crippen LogP) is 2.54. The summed E-state index contributed by atoms with van der Waals surface area (Å²) < 4.78 is 0. The summed E-state index contributed by atoms with van der Waals surface area (Å²) in [5.74, 6) is -0.634. The number of carboxylic acid groups (broad SMARTS) is 1. The molecule has 0 saturated heterocycles. The number of hydrogen-bond donors (Lipinski definition) is 1. The molecule has 1 unspecified atom stereocenters. The number of Topliss-reactive ketones (excluding diaryl/α,β-unsaturated/α-hetero) is 1. The fraction of sp³-hybridized carbons (Fsp3) is 0.429. The van der Waals surface area contributed by atoms with Crippen LogP contribution in [0.15, 0.2) is 30.3 Å². The fourth-order valence-electron chi connectivity index (χ4n) is 2.72. The highest BCUT2D eigenvalue weighted by atomic mass is 16.4. The molecule has 1 N–H and O–H groups in total. The number of rotatable bonds is 4. The third-order valence-corrected chi connectivity index (χ3v) is 3.63. The number of hydrogen-bond acceptors (Lipinski definition) is 2. The van der Waals surface area contributed by atoms with Gasteiger partial charge in [0.2, 0.25) is 0 Å². The normalized spacial score (nSPS) is 23.9. The number of carboxylic acids is 1. The van der Waals surface area contributed by atoms with Crippen molar-refractivity contribution in [3.05, 3.63) is 35.9 Å². The smallest absolute Gasteiger partial charge is 0.303 e. The van der Waals surface area contributed by atoms with E-state index in [0.29, 0.717) is 12.8 Å². The molecule has 1 aliphatic rings. The molecule has 0 aromatic heterocycles. The average Bonchev–Trinajstić information content (AvgIpc) is 2.70. The standard InChI is InChI=1S/C14H16O3/c15-12-7-4-9-14(12,10-8-13(16)17)11-5-2-1-3-6-11/h1-3,5-6H,4,7-10H2,(H,16,17). The molecule has 1 aromatic carbocycles. The molecule has 17 heavy (non-hydrogen) atoms. The Bertz CT molecular complexity index is 424. The molecule has 3 nitrogen and oxygen atoms in total. The van der Waals surface area contributed by atoms with Crippen molar-refractivity contribution in [1.82, 2.24) is 0 Å². The second-order valence-corrected chi connectivity index (χ2v) is 4.62. The molecule has 3 heteroatoms. The van der Waals surface area contributed by atoms with E-state index in [0.717, 1.165) is 18.4 Å². The highest BCUT2D eigenvalue weighted by Crippen LogP contribution is 2.41. The molecule has 0 bridgehead atoms. The van der Waals surface area contributed by atoms with Gasteiger partial charge in [-0.25, -0.2) is 0 Å². The van der Waals surface area contributed by atoms with Crippen LogP contribution in [0.5, 0.6) is 0 Å². The summed E-state index contributed by atoms with van der Waals surface area (Å²) >= 11 is 0. The Morgan fingerprint density at radius 2 is 2.00 bits per heavy atom. The van der Waals surface area contributed by atoms with E-state index in [4.69, 9.17) is 5.11 Å². The SMILES string of the molecule is O=C(O)CCC1(c2ccccc2)CCCC1=O. The summed E-state index contributed by atoms with van der Waals surface area (Å²) in [6, 6.07) is 9.59. The van der Waals surface area contributed by atoms with Gasteiger partial charge in [0, 0.05) is 12.8 Å². The fourth-order valence-corrected chi connectivity index (χ4v) is 2.72. The van der Waals surface area contributed by atoms with Gasteiger partial charge in [-0.2, -0.15) is 0 Å². The highest BCUT2D eigenvalue weighted by molar-refractivity contribution is 5.92. The Morgan fingerprint density at radius 3 is 2.53 bits per heavy atom. The van der Waals surface area contributed by atoms with Crippen LogP contribution in [0, 0.1) is 0 Å². The van der Waals surface area contributed by atoms with Crippen LogP contribution in [0.1, 0.15) is 37.7 Å². The van der Waals surface area contributed by atoms with Gasteiger partial charge in [0.15, 0.2) is 0 Å². The molecule has 1 atom stereocenters. The van der Waals surface area contributed by atoms with E-state index in [2.05, 4.69) is 0 Å². The lowest BCUT2D eigenvalue weighted by Crippen LogP contribution is -2.31. The summed E-state index contributed by atoms with van der Waals surface area (Å²) in [6.45, 7) is 0. The molecule has 90 valence electrons. The summed E-state index contributed by atoms with van der Waals surface area (Å²) in [7, 11) is 0. The lowest BCUT2D eigenvalue weighted by atomic mass is 9.74. The Balaban J connectivity index is 2.31. The molecule has 0 amide bonds. The van der Waals surface area contributed by atoms with Gasteiger partial charge in [-0.1, -0.05) is 30.3 Å². The van der Waals surface area contributed by atoms with Gasteiger partial charge >= 0.3 is 5.97 Å². The van der Waals surface area contributed by atoms with Gasteiger partial charge in [-0.05, 0) is 24.8 Å². The second kappa shape index (κ2) is 4.70. The lowest BCUT2D eigenvalue weighted by Gasteiger charge is -2.27. The Labute approximate surface area is 100 Å². The van der Waals surface area contributed by atoms with E-state index in [9.17, 15) is 9.59 Å². The monoisotopic (exact) mass is 232 g/mol. The van der Waals surface area contributed by atoms with Crippen LogP contribution < -0.4 is 0 Å². The van der Waals surface area contributed by atoms with Crippen LogP contribution in [0.25, 0.3) is 0 Å². The summed E-state index contributed by atoms with van der Waals surface area (Å²) in [6.07, 6.45) is 2.71. The Kier molecular flexibility index (Phi) is 3.27. The van der Waals surface area contributed by atoms with Crippen molar-refractivity contribution in [3.8, 4) is 0 Å². The molecule has 1 aliphatic carbocycles. The van der Waals surface area contributed by atoms with Crippen LogP contribution in [-0.2, 0) is 15.0 Å². The number of benzene rings is 1. The number of carbonyl (C=O) groups excluding carboxylic acids is 1. The van der Waals surface area contributed by atoms with Gasteiger partial charge in [0.25, 0.3) is 0 Å². The van der Waals surface area contributed by atoms with Crippen LogP contribution in [0.4, 0.5) is 0 Å². The zero-order valence-electron chi connectivity index (χ0n) is 9.69. The van der Waals surface area contributed by atoms with Gasteiger partial charge in [0.1, 0.15) is 5.78 Å². The minimum atomic E-state index is -0.833. The minimum Gasteiger partial charge on any atom is -0.481 e. The van der Waals surface area contributed by atoms with E-state index in [-0.39, 0.29) is 12.2 Å². The molecule has 0 spiro atoms. The van der Waals surface area contributed by atoms with Crippen LogP contribution in [0.3, 0.4) is 0 Å². The first-order valence-corrected chi connectivity index (χ1v) is 5.96. The van der Waals surface area contributed by atoms with Crippen molar-refractivity contribution in [2.75, 3.05) is 0 Å². The first-order valence-electron chi connectivity index (χ1n) is 5.96. The number of carbonyl (C=O) groups is 2. The quantitative estimate of drug-likeness (QED) is 0.867. The van der Waals surface area contributed by atoms with Gasteiger partial charge in [0.05, 0.1) is 5.41 Å². The first kappa shape index (κ1) is 11.8. The van der Waals surface area contributed by atoms with Crippen LogP contribution in [-0.4, -0.2) is 16.9 Å². The van der Waals surface area contributed by atoms with Gasteiger partial charge < -0.3 is 5.11 Å². The zero-order valence-corrected chi connectivity index (χ0v) is 9.69. The molecule has 1 saturated carbocycles. The molecular formula is C14H16O3. The summed E-state index contributed by atoms with van der Waals surface area (Å²) in [5.41, 5.74) is 0.434. The van der Waals surface area contributed by atoms with Gasteiger partial charge in [-0.3, -0.25) is 9.59 Å². The summed E-state index contributed by atoms with van der Waals surface area (Å²) in [4.78, 5) is 22.8. The van der Waals surface area contributed by atoms with Crippen molar-refractivity contribution in [3.63, 3.8) is 0 Å². The largest absolute Gasteiger partial charge is 0.481 e. The minimum absolute atomic E-state index is 0.0562. The van der Waals surface area contributed by atoms with Crippen LogP contribution in [0.2, 0.25) is 0 Å². The maximum atomic E-state index is 12.1. The molecule has 1 aromatic rings. The van der Waals surface area contributed by atoms with Crippen molar-refractivity contribution < 1.29 is 14.7 Å². The summed E-state index contributed by atoms with van der Waals surface area (Å²) in [5, 5.41) is 8.81. The predicted molar refractivity (Wildman–Crippen MR) is 63.8 cm³/mol. The molecular weight excluding hydrogens is 216 g/mol. The highest BCUT2D eigenvalue weighted by Gasteiger charge is 2.43. The number of ketones is 1. The maximum Gasteiger partial charge on any atom is 0.303 e. The van der Waals surface area contributed by atoms with Crippen molar-refractivity contribution in [1.29, 1.82) is 0 Å². The van der Waals surface area contributed by atoms with E-state index < -0.39 is 11.4 Å². The first-order chi connectivity index (χ1) is 8.15. The lowest BCUT2D eigenvalue weighted by molar-refractivity contribution is -0.137. The Hall–Kier alpha value is -1.64. The second-order valence-electron chi connectivity index (χ2n) is 4.62. The molecule has 0 heterocycles. The van der Waals surface area contributed by atoms with Crippen molar-refractivity contribution in [2.45, 2.75) is 37.5 Å². The van der Waals surface area contributed by atoms with Crippen LogP contribution >= 0.6 is 0 Å². The molecule has 0 aliphatic heterocycles.